The van der Waals surface area contributed by atoms with E-state index in [1.54, 1.807) is 36.4 Å². The molecule has 140 valence electrons. The Bertz CT molecular complexity index is 900. The molecular weight excluding hydrogens is 415 g/mol. The lowest BCUT2D eigenvalue weighted by Crippen LogP contribution is -2.43. The Morgan fingerprint density at radius 3 is 2.37 bits per heavy atom. The van der Waals surface area contributed by atoms with Crippen molar-refractivity contribution >= 4 is 58.7 Å². The summed E-state index contributed by atoms with van der Waals surface area (Å²) in [5.41, 5.74) is 5.01. The van der Waals surface area contributed by atoms with Gasteiger partial charge in [0.1, 0.15) is 0 Å². The Morgan fingerprint density at radius 2 is 1.63 bits per heavy atom. The fourth-order valence-corrected chi connectivity index (χ4v) is 2.46. The molecule has 0 spiro atoms. The molecule has 0 saturated carbocycles. The summed E-state index contributed by atoms with van der Waals surface area (Å²) in [6, 6.07) is 11.3. The van der Waals surface area contributed by atoms with Crippen molar-refractivity contribution in [3.05, 3.63) is 74.7 Å². The van der Waals surface area contributed by atoms with E-state index in [1.807, 2.05) is 0 Å². The van der Waals surface area contributed by atoms with Gasteiger partial charge in [-0.1, -0.05) is 59.1 Å². The molecular formula is C18H13Cl3N2O4. The second kappa shape index (κ2) is 9.97. The van der Waals surface area contributed by atoms with Crippen molar-refractivity contribution in [3.63, 3.8) is 0 Å². The van der Waals surface area contributed by atoms with Crippen LogP contribution in [0.5, 0.6) is 0 Å². The maximum Gasteiger partial charge on any atom is 0.331 e. The number of amides is 2. The molecule has 0 aliphatic rings. The van der Waals surface area contributed by atoms with E-state index >= 15 is 0 Å². The normalized spacial score (nSPS) is 10.5. The zero-order valence-electron chi connectivity index (χ0n) is 13.7. The third-order valence-electron chi connectivity index (χ3n) is 3.16. The van der Waals surface area contributed by atoms with Crippen LogP contribution in [0.25, 0.3) is 6.08 Å². The van der Waals surface area contributed by atoms with Crippen LogP contribution in [0.15, 0.2) is 48.5 Å². The predicted octanol–water partition coefficient (Wildman–Crippen LogP) is 3.66. The third kappa shape index (κ3) is 6.29. The quantitative estimate of drug-likeness (QED) is 0.433. The first-order valence-electron chi connectivity index (χ1n) is 7.51. The van der Waals surface area contributed by atoms with E-state index in [0.29, 0.717) is 15.6 Å². The van der Waals surface area contributed by atoms with E-state index in [-0.39, 0.29) is 10.6 Å². The second-order valence-corrected chi connectivity index (χ2v) is 6.26. The first-order chi connectivity index (χ1) is 12.9. The number of hydrazine groups is 1. The first kappa shape index (κ1) is 20.8. The summed E-state index contributed by atoms with van der Waals surface area (Å²) in [7, 11) is 0. The molecule has 0 saturated heterocycles. The highest BCUT2D eigenvalue weighted by atomic mass is 35.5. The van der Waals surface area contributed by atoms with Gasteiger partial charge in [-0.15, -0.1) is 0 Å². The Labute approximate surface area is 170 Å². The number of ether oxygens (including phenoxy) is 1. The van der Waals surface area contributed by atoms with E-state index in [2.05, 4.69) is 10.9 Å². The van der Waals surface area contributed by atoms with Gasteiger partial charge in [-0.05, 0) is 29.8 Å². The lowest BCUT2D eigenvalue weighted by atomic mass is 10.2. The van der Waals surface area contributed by atoms with Crippen LogP contribution >= 0.6 is 34.8 Å². The van der Waals surface area contributed by atoms with Crippen molar-refractivity contribution in [3.8, 4) is 0 Å². The van der Waals surface area contributed by atoms with Gasteiger partial charge in [-0.25, -0.2) is 4.79 Å². The monoisotopic (exact) mass is 426 g/mol. The smallest absolute Gasteiger partial charge is 0.331 e. The minimum Gasteiger partial charge on any atom is -0.452 e. The van der Waals surface area contributed by atoms with Crippen molar-refractivity contribution < 1.29 is 19.1 Å². The van der Waals surface area contributed by atoms with E-state index in [0.717, 1.165) is 6.08 Å². The summed E-state index contributed by atoms with van der Waals surface area (Å²) in [5.74, 6) is -2.09. The molecule has 0 aliphatic carbocycles. The molecule has 0 fully saturated rings. The number of hydrogen-bond donors (Lipinski definition) is 2. The van der Waals surface area contributed by atoms with Crippen LogP contribution in [0.3, 0.4) is 0 Å². The maximum absolute atomic E-state index is 11.9. The molecule has 0 unspecified atom stereocenters. The Morgan fingerprint density at radius 1 is 0.926 bits per heavy atom. The molecule has 9 heteroatoms. The summed E-state index contributed by atoms with van der Waals surface area (Å²) in [4.78, 5) is 35.2. The average Bonchev–Trinajstić information content (AvgIpc) is 2.66. The Kier molecular flexibility index (Phi) is 7.67. The lowest BCUT2D eigenvalue weighted by Gasteiger charge is -2.08. The van der Waals surface area contributed by atoms with Crippen LogP contribution in [0.2, 0.25) is 15.1 Å². The fraction of sp³-hybridized carbons (Fsp3) is 0.0556. The van der Waals surface area contributed by atoms with Gasteiger partial charge < -0.3 is 4.74 Å². The van der Waals surface area contributed by atoms with Gasteiger partial charge in [0.15, 0.2) is 6.61 Å². The number of nitrogens with one attached hydrogen (secondary N) is 2. The molecule has 0 aliphatic heterocycles. The van der Waals surface area contributed by atoms with E-state index in [4.69, 9.17) is 39.5 Å². The summed E-state index contributed by atoms with van der Waals surface area (Å²) in [5, 5.41) is 0.879. The standard InChI is InChI=1S/C18H13Cl3N2O4/c19-13-6-2-1-5-12(13)18(26)23-22-15(24)10-27-16(25)9-8-11-4-3-7-14(20)17(11)21/h1-9H,10H2,(H,22,24)(H,23,26)/b9-8+. The molecule has 2 aromatic rings. The van der Waals surface area contributed by atoms with Crippen LogP contribution < -0.4 is 10.9 Å². The number of rotatable bonds is 5. The topological polar surface area (TPSA) is 84.5 Å². The summed E-state index contributed by atoms with van der Waals surface area (Å²) >= 11 is 17.7. The molecule has 6 nitrogen and oxygen atoms in total. The third-order valence-corrected chi connectivity index (χ3v) is 4.32. The van der Waals surface area contributed by atoms with Gasteiger partial charge in [0.25, 0.3) is 11.8 Å². The number of halogens is 3. The Hall–Kier alpha value is -2.54. The number of benzene rings is 2. The van der Waals surface area contributed by atoms with Crippen molar-refractivity contribution in [2.45, 2.75) is 0 Å². The van der Waals surface area contributed by atoms with Gasteiger partial charge in [-0.3, -0.25) is 20.4 Å². The number of carbonyl (C=O) groups is 3. The zero-order chi connectivity index (χ0) is 19.8. The predicted molar refractivity (Wildman–Crippen MR) is 104 cm³/mol. The SMILES string of the molecule is O=C(COC(=O)/C=C/c1cccc(Cl)c1Cl)NNC(=O)c1ccccc1Cl. The van der Waals surface area contributed by atoms with Crippen LogP contribution in [-0.2, 0) is 14.3 Å². The largest absolute Gasteiger partial charge is 0.452 e. The van der Waals surface area contributed by atoms with Crippen molar-refractivity contribution in [2.24, 2.45) is 0 Å². The van der Waals surface area contributed by atoms with Crippen molar-refractivity contribution in [1.29, 1.82) is 0 Å². The highest BCUT2D eigenvalue weighted by Gasteiger charge is 2.11. The van der Waals surface area contributed by atoms with Crippen LogP contribution in [0.1, 0.15) is 15.9 Å². The minimum absolute atomic E-state index is 0.192. The number of carbonyl (C=O) groups excluding carboxylic acids is 3. The molecule has 0 bridgehead atoms. The molecule has 0 aromatic heterocycles. The van der Waals surface area contributed by atoms with Crippen LogP contribution in [0.4, 0.5) is 0 Å². The molecule has 0 radical (unpaired) electrons. The zero-order valence-corrected chi connectivity index (χ0v) is 15.9. The first-order valence-corrected chi connectivity index (χ1v) is 8.64. The van der Waals surface area contributed by atoms with Gasteiger partial charge >= 0.3 is 5.97 Å². The Balaban J connectivity index is 1.79. The van der Waals surface area contributed by atoms with Crippen molar-refractivity contribution in [1.82, 2.24) is 10.9 Å². The van der Waals surface area contributed by atoms with Gasteiger partial charge in [0.2, 0.25) is 0 Å². The molecule has 2 amide bonds. The minimum atomic E-state index is -0.765. The molecule has 2 rings (SSSR count). The average molecular weight is 428 g/mol. The molecule has 27 heavy (non-hydrogen) atoms. The van der Waals surface area contributed by atoms with Gasteiger partial charge in [0.05, 0.1) is 20.6 Å². The maximum atomic E-state index is 11.9. The van der Waals surface area contributed by atoms with E-state index in [9.17, 15) is 14.4 Å². The van der Waals surface area contributed by atoms with E-state index in [1.165, 1.54) is 12.1 Å². The second-order valence-electron chi connectivity index (χ2n) is 5.07. The van der Waals surface area contributed by atoms with Crippen molar-refractivity contribution in [2.75, 3.05) is 6.61 Å². The molecule has 2 aromatic carbocycles. The highest BCUT2D eigenvalue weighted by molar-refractivity contribution is 6.42. The van der Waals surface area contributed by atoms with Crippen LogP contribution in [0, 0.1) is 0 Å². The summed E-state index contributed by atoms with van der Waals surface area (Å²) in [6.45, 7) is -0.588. The molecule has 0 heterocycles. The highest BCUT2D eigenvalue weighted by Crippen LogP contribution is 2.26. The van der Waals surface area contributed by atoms with Gasteiger partial charge in [0, 0.05) is 6.08 Å². The molecule has 0 atom stereocenters. The fourth-order valence-electron chi connectivity index (χ4n) is 1.87. The van der Waals surface area contributed by atoms with E-state index < -0.39 is 24.4 Å². The molecule has 2 N–H and O–H groups in total. The van der Waals surface area contributed by atoms with Gasteiger partial charge in [-0.2, -0.15) is 0 Å². The number of esters is 1. The lowest BCUT2D eigenvalue weighted by molar-refractivity contribution is -0.144. The van der Waals surface area contributed by atoms with Crippen LogP contribution in [-0.4, -0.2) is 24.4 Å². The summed E-state index contributed by atoms with van der Waals surface area (Å²) in [6.07, 6.45) is 2.51. The summed E-state index contributed by atoms with van der Waals surface area (Å²) < 4.78 is 4.77. The number of hydrogen-bond acceptors (Lipinski definition) is 4.